The van der Waals surface area contributed by atoms with Crippen molar-refractivity contribution in [3.8, 4) is 5.88 Å². The van der Waals surface area contributed by atoms with Crippen molar-refractivity contribution >= 4 is 47.3 Å². The highest BCUT2D eigenvalue weighted by molar-refractivity contribution is 8.01. The average molecular weight is 526 g/mol. The Morgan fingerprint density at radius 2 is 2.20 bits per heavy atom. The van der Waals surface area contributed by atoms with Crippen molar-refractivity contribution in [2.75, 3.05) is 18.6 Å². The van der Waals surface area contributed by atoms with Crippen LogP contribution in [0.15, 0.2) is 27.0 Å². The molecule has 35 heavy (non-hydrogen) atoms. The van der Waals surface area contributed by atoms with E-state index in [4.69, 9.17) is 14.0 Å². The Bertz CT molecular complexity index is 1230. The fraction of sp³-hybridized carbons (Fsp3) is 0.444. The zero-order valence-electron chi connectivity index (χ0n) is 18.6. The van der Waals surface area contributed by atoms with E-state index in [1.165, 1.54) is 48.3 Å². The van der Waals surface area contributed by atoms with Crippen molar-refractivity contribution in [3.05, 3.63) is 23.1 Å². The Morgan fingerprint density at radius 1 is 1.43 bits per heavy atom. The van der Waals surface area contributed by atoms with Gasteiger partial charge >= 0.3 is 11.9 Å². The number of aromatic nitrogens is 5. The monoisotopic (exact) mass is 525 g/mol. The summed E-state index contributed by atoms with van der Waals surface area (Å²) in [7, 11) is 2.91. The molecule has 15 nitrogen and oxygen atoms in total. The van der Waals surface area contributed by atoms with Crippen LogP contribution in [0.4, 0.5) is 0 Å². The van der Waals surface area contributed by atoms with Gasteiger partial charge in [0.25, 0.3) is 17.5 Å². The van der Waals surface area contributed by atoms with E-state index in [9.17, 15) is 24.3 Å². The van der Waals surface area contributed by atoms with Gasteiger partial charge in [-0.25, -0.2) is 9.48 Å². The number of tetrazole rings is 1. The molecule has 2 N–H and O–H groups in total. The lowest BCUT2D eigenvalue weighted by Crippen LogP contribution is -2.80. The van der Waals surface area contributed by atoms with Crippen LogP contribution in [-0.2, 0) is 37.4 Å². The number of amides is 2. The summed E-state index contributed by atoms with van der Waals surface area (Å²) in [5.41, 5.74) is -1.41. The fourth-order valence-electron chi connectivity index (χ4n) is 3.53. The van der Waals surface area contributed by atoms with Crippen LogP contribution in [0.3, 0.4) is 0 Å². The number of carboxylic acids is 1. The van der Waals surface area contributed by atoms with Crippen LogP contribution in [0, 0.1) is 0 Å². The van der Waals surface area contributed by atoms with E-state index in [1.54, 1.807) is 7.05 Å². The molecule has 1 saturated heterocycles. The predicted octanol–water partition coefficient (Wildman–Crippen LogP) is -0.829. The Morgan fingerprint density at radius 3 is 2.83 bits per heavy atom. The number of hydrogen-bond donors (Lipinski definition) is 2. The first-order valence-electron chi connectivity index (χ1n) is 9.92. The number of β-lactam (4-membered cyclic amide) rings is 1. The summed E-state index contributed by atoms with van der Waals surface area (Å²) in [6.45, 7) is 1.19. The van der Waals surface area contributed by atoms with Gasteiger partial charge < -0.3 is 24.4 Å². The molecule has 0 aliphatic carbocycles. The molecule has 0 aromatic carbocycles. The Balaban J connectivity index is 1.48. The van der Waals surface area contributed by atoms with Crippen LogP contribution in [0.5, 0.6) is 5.88 Å². The Kier molecular flexibility index (Phi) is 6.82. The molecule has 0 spiro atoms. The van der Waals surface area contributed by atoms with Gasteiger partial charge in [0, 0.05) is 38.7 Å². The number of thioether (sulfide) groups is 2. The summed E-state index contributed by atoms with van der Waals surface area (Å²) in [5.74, 6) is -2.71. The van der Waals surface area contributed by atoms with E-state index in [0.717, 1.165) is 4.90 Å². The molecule has 2 aliphatic rings. The maximum absolute atomic E-state index is 13.1. The van der Waals surface area contributed by atoms with E-state index in [0.29, 0.717) is 10.7 Å². The predicted molar refractivity (Wildman–Crippen MR) is 117 cm³/mol. The lowest BCUT2D eigenvalue weighted by Gasteiger charge is -2.55. The zero-order chi connectivity index (χ0) is 25.3. The standard InChI is InChI=1S/C18H19N7O8S2/c1-8(26)32-12-5-10(33-21-12)4-11(27)19-18(31-3)15(30)25-13(14(28)29)9(6-34-16(18)25)7-35-17-20-22-23-24(17)2/h5,16H,4,6-7H2,1-3H3,(H,19,27)(H,28,29)/t16-,18-/m0/s1. The molecule has 17 heteroatoms. The molecule has 2 aliphatic heterocycles. The van der Waals surface area contributed by atoms with Crippen molar-refractivity contribution in [1.29, 1.82) is 0 Å². The number of aliphatic carboxylic acids is 1. The zero-order valence-corrected chi connectivity index (χ0v) is 20.2. The number of methoxy groups -OCH3 is 1. The van der Waals surface area contributed by atoms with E-state index < -0.39 is 34.9 Å². The average Bonchev–Trinajstić information content (AvgIpc) is 3.42. The van der Waals surface area contributed by atoms with Crippen molar-refractivity contribution in [1.82, 2.24) is 35.6 Å². The minimum atomic E-state index is -1.76. The number of esters is 1. The highest BCUT2D eigenvalue weighted by Gasteiger charge is 2.66. The van der Waals surface area contributed by atoms with Crippen LogP contribution >= 0.6 is 23.5 Å². The normalized spacial score (nSPS) is 21.4. The summed E-state index contributed by atoms with van der Waals surface area (Å²) in [5, 5.41) is 26.7. The highest BCUT2D eigenvalue weighted by Crippen LogP contribution is 2.47. The highest BCUT2D eigenvalue weighted by atomic mass is 32.2. The molecule has 1 fully saturated rings. The third kappa shape index (κ3) is 4.61. The number of aryl methyl sites for hydroxylation is 1. The third-order valence-corrected chi connectivity index (χ3v) is 7.51. The number of carbonyl (C=O) groups is 4. The van der Waals surface area contributed by atoms with Gasteiger partial charge in [-0.2, -0.15) is 0 Å². The molecule has 186 valence electrons. The van der Waals surface area contributed by atoms with Crippen LogP contribution in [0.2, 0.25) is 0 Å². The molecule has 0 bridgehead atoms. The van der Waals surface area contributed by atoms with Gasteiger partial charge in [-0.3, -0.25) is 19.3 Å². The summed E-state index contributed by atoms with van der Waals surface area (Å²) >= 11 is 2.50. The smallest absolute Gasteiger partial charge is 0.352 e. The molecule has 2 atom stereocenters. The first-order valence-corrected chi connectivity index (χ1v) is 12.0. The SMILES string of the molecule is CO[C@@]1(NC(=O)Cc2cc(OC(C)=O)no2)C(=O)N2C(C(=O)O)=C(CSc3nnnn3C)CS[C@H]21. The molecular formula is C18H19N7O8S2. The van der Waals surface area contributed by atoms with E-state index >= 15 is 0 Å². The summed E-state index contributed by atoms with van der Waals surface area (Å²) in [6, 6.07) is 1.27. The minimum absolute atomic E-state index is 0.0913. The number of hydrogen-bond acceptors (Lipinski definition) is 13. The number of fused-ring (bicyclic) bond motifs is 1. The maximum Gasteiger partial charge on any atom is 0.352 e. The van der Waals surface area contributed by atoms with Gasteiger partial charge in [-0.05, 0) is 21.2 Å². The van der Waals surface area contributed by atoms with Crippen LogP contribution in [-0.4, -0.2) is 88.8 Å². The van der Waals surface area contributed by atoms with E-state index in [2.05, 4.69) is 26.0 Å². The lowest BCUT2D eigenvalue weighted by atomic mass is 9.98. The molecule has 0 unspecified atom stereocenters. The summed E-state index contributed by atoms with van der Waals surface area (Å²) in [4.78, 5) is 50.0. The van der Waals surface area contributed by atoms with Crippen LogP contribution < -0.4 is 10.1 Å². The van der Waals surface area contributed by atoms with E-state index in [-0.39, 0.29) is 35.3 Å². The van der Waals surface area contributed by atoms with Gasteiger partial charge in [0.2, 0.25) is 11.1 Å². The van der Waals surface area contributed by atoms with Crippen LogP contribution in [0.25, 0.3) is 0 Å². The van der Waals surface area contributed by atoms with E-state index in [1.807, 2.05) is 0 Å². The number of nitrogens with one attached hydrogen (secondary N) is 1. The molecule has 4 rings (SSSR count). The number of ether oxygens (including phenoxy) is 2. The second kappa shape index (κ2) is 9.67. The van der Waals surface area contributed by atoms with Gasteiger partial charge in [0.05, 0.1) is 6.42 Å². The lowest BCUT2D eigenvalue weighted by molar-refractivity contribution is -0.192. The number of carbonyl (C=O) groups excluding carboxylic acids is 3. The number of nitrogens with zero attached hydrogens (tertiary/aromatic N) is 6. The summed E-state index contributed by atoms with van der Waals surface area (Å²) in [6.07, 6.45) is -0.320. The van der Waals surface area contributed by atoms with Crippen molar-refractivity contribution in [2.45, 2.75) is 29.6 Å². The Hall–Kier alpha value is -3.44. The first-order chi connectivity index (χ1) is 16.7. The largest absolute Gasteiger partial charge is 0.477 e. The number of carboxylic acid groups (broad SMARTS) is 1. The molecule has 4 heterocycles. The van der Waals surface area contributed by atoms with Gasteiger partial charge in [-0.15, -0.1) is 16.9 Å². The second-order valence-electron chi connectivity index (χ2n) is 7.36. The topological polar surface area (TPSA) is 192 Å². The van der Waals surface area contributed by atoms with Crippen molar-refractivity contribution < 1.29 is 38.3 Å². The molecule has 2 amide bonds. The minimum Gasteiger partial charge on any atom is -0.477 e. The van der Waals surface area contributed by atoms with Gasteiger partial charge in [0.1, 0.15) is 16.8 Å². The quantitative estimate of drug-likeness (QED) is 0.178. The molecular weight excluding hydrogens is 506 g/mol. The molecule has 0 radical (unpaired) electrons. The Labute approximate surface area is 205 Å². The second-order valence-corrected chi connectivity index (χ2v) is 9.37. The number of rotatable bonds is 9. The third-order valence-electron chi connectivity index (χ3n) is 5.04. The van der Waals surface area contributed by atoms with Crippen molar-refractivity contribution in [2.24, 2.45) is 7.05 Å². The van der Waals surface area contributed by atoms with Gasteiger partial charge in [-0.1, -0.05) is 11.8 Å². The first kappa shape index (κ1) is 24.7. The van der Waals surface area contributed by atoms with Gasteiger partial charge in [0.15, 0.2) is 0 Å². The van der Waals surface area contributed by atoms with Crippen molar-refractivity contribution in [3.63, 3.8) is 0 Å². The summed E-state index contributed by atoms with van der Waals surface area (Å²) < 4.78 is 16.6. The fourth-order valence-corrected chi connectivity index (χ4v) is 5.96. The molecule has 2 aromatic heterocycles. The molecule has 2 aromatic rings. The molecule has 0 saturated carbocycles. The maximum atomic E-state index is 13.1. The van der Waals surface area contributed by atoms with Crippen LogP contribution in [0.1, 0.15) is 12.7 Å².